The van der Waals surface area contributed by atoms with Crippen LogP contribution in [-0.2, 0) is 4.79 Å². The lowest BCUT2D eigenvalue weighted by Gasteiger charge is -2.34. The monoisotopic (exact) mass is 434 g/mol. The Morgan fingerprint density at radius 1 is 1.09 bits per heavy atom. The van der Waals surface area contributed by atoms with Gasteiger partial charge in [0, 0.05) is 30.6 Å². The fourth-order valence-corrected chi connectivity index (χ4v) is 4.52. The number of carbonyl (C=O) groups is 2. The topological polar surface area (TPSA) is 97.5 Å². The van der Waals surface area contributed by atoms with Gasteiger partial charge in [0.25, 0.3) is 5.91 Å². The summed E-state index contributed by atoms with van der Waals surface area (Å²) in [6.45, 7) is 1.47. The van der Waals surface area contributed by atoms with Crippen molar-refractivity contribution in [3.63, 3.8) is 0 Å². The number of rotatable bonds is 5. The van der Waals surface area contributed by atoms with Crippen LogP contribution in [0, 0.1) is 5.92 Å². The third-order valence-corrected chi connectivity index (χ3v) is 6.39. The van der Waals surface area contributed by atoms with Crippen LogP contribution in [0.3, 0.4) is 0 Å². The molecule has 1 aromatic heterocycles. The number of nitrogen functional groups attached to an aromatic ring is 1. The van der Waals surface area contributed by atoms with Crippen LogP contribution < -0.4 is 15.8 Å². The number of likely N-dealkylation sites (tertiary alicyclic amines) is 1. The summed E-state index contributed by atoms with van der Waals surface area (Å²) in [6.07, 6.45) is 8.79. The number of allylic oxidation sites excluding steroid dienone is 2. The van der Waals surface area contributed by atoms with Gasteiger partial charge in [-0.25, -0.2) is 4.98 Å². The van der Waals surface area contributed by atoms with E-state index in [1.165, 1.54) is 0 Å². The zero-order chi connectivity index (χ0) is 22.5. The van der Waals surface area contributed by atoms with E-state index in [1.54, 1.807) is 25.3 Å². The van der Waals surface area contributed by atoms with Crippen LogP contribution in [-0.4, -0.2) is 41.9 Å². The van der Waals surface area contributed by atoms with Crippen molar-refractivity contribution in [1.29, 1.82) is 0 Å². The number of nitrogens with zero attached hydrogens (tertiary/aromatic N) is 2. The number of para-hydroxylation sites is 2. The molecule has 0 saturated carbocycles. The molecule has 1 aliphatic heterocycles. The molecule has 2 aromatic rings. The number of nitrogens with two attached hydrogens (primary N) is 1. The number of piperidine rings is 1. The predicted molar refractivity (Wildman–Crippen MR) is 125 cm³/mol. The maximum atomic E-state index is 12.8. The largest absolute Gasteiger partial charge is 0.495 e. The van der Waals surface area contributed by atoms with Crippen molar-refractivity contribution >= 4 is 23.3 Å². The van der Waals surface area contributed by atoms with E-state index in [-0.39, 0.29) is 29.5 Å². The number of amides is 2. The lowest BCUT2D eigenvalue weighted by molar-refractivity contribution is -0.136. The van der Waals surface area contributed by atoms with E-state index >= 15 is 0 Å². The number of hydrogen-bond donors (Lipinski definition) is 2. The first-order chi connectivity index (χ1) is 15.6. The Morgan fingerprint density at radius 2 is 1.88 bits per heavy atom. The van der Waals surface area contributed by atoms with Crippen LogP contribution in [0.5, 0.6) is 5.75 Å². The summed E-state index contributed by atoms with van der Waals surface area (Å²) in [6, 6.07) is 10.8. The van der Waals surface area contributed by atoms with E-state index in [1.807, 2.05) is 23.1 Å². The third kappa shape index (κ3) is 4.77. The van der Waals surface area contributed by atoms with E-state index in [0.717, 1.165) is 50.9 Å². The lowest BCUT2D eigenvalue weighted by Crippen LogP contribution is -2.41. The summed E-state index contributed by atoms with van der Waals surface area (Å²) < 4.78 is 5.28. The van der Waals surface area contributed by atoms with Gasteiger partial charge in [0.1, 0.15) is 11.6 Å². The quantitative estimate of drug-likeness (QED) is 0.694. The van der Waals surface area contributed by atoms with E-state index in [4.69, 9.17) is 10.5 Å². The average Bonchev–Trinajstić information content (AvgIpc) is 2.84. The first-order valence-electron chi connectivity index (χ1n) is 11.2. The van der Waals surface area contributed by atoms with Crippen molar-refractivity contribution in [2.24, 2.45) is 5.92 Å². The molecule has 32 heavy (non-hydrogen) atoms. The second-order valence-electron chi connectivity index (χ2n) is 8.40. The molecule has 0 bridgehead atoms. The SMILES string of the molecule is COc1ccccc1NC(=O)c1ccc(C2CCN(C(=O)[C@@H]3CC=CCC3)CC2)nc1N. The van der Waals surface area contributed by atoms with Gasteiger partial charge in [-0.05, 0) is 56.4 Å². The molecule has 2 amide bonds. The van der Waals surface area contributed by atoms with Gasteiger partial charge in [0.2, 0.25) is 5.91 Å². The van der Waals surface area contributed by atoms with Crippen LogP contribution in [0.2, 0.25) is 0 Å². The molecular formula is C25H30N4O3. The summed E-state index contributed by atoms with van der Waals surface area (Å²) >= 11 is 0. The molecule has 0 spiro atoms. The molecule has 0 radical (unpaired) electrons. The molecule has 2 aliphatic rings. The van der Waals surface area contributed by atoms with E-state index in [2.05, 4.69) is 22.5 Å². The van der Waals surface area contributed by atoms with Crippen molar-refractivity contribution in [3.8, 4) is 5.75 Å². The van der Waals surface area contributed by atoms with Crippen LogP contribution in [0.1, 0.15) is 54.1 Å². The van der Waals surface area contributed by atoms with E-state index in [0.29, 0.717) is 17.0 Å². The standard InChI is InChI=1S/C25H30N4O3/c1-32-22-10-6-5-9-21(22)28-24(30)19-11-12-20(27-23(19)26)17-13-15-29(16-14-17)25(31)18-7-3-2-4-8-18/h2-3,5-6,9-12,17-18H,4,7-8,13-16H2,1H3,(H2,26,27)(H,28,30)/t18-/m1/s1. The Morgan fingerprint density at radius 3 is 2.56 bits per heavy atom. The van der Waals surface area contributed by atoms with E-state index < -0.39 is 0 Å². The molecule has 1 fully saturated rings. The van der Waals surface area contributed by atoms with Gasteiger partial charge < -0.3 is 20.7 Å². The van der Waals surface area contributed by atoms with E-state index in [9.17, 15) is 9.59 Å². The molecule has 1 atom stereocenters. The zero-order valence-corrected chi connectivity index (χ0v) is 18.4. The minimum absolute atomic E-state index is 0.131. The Kier molecular flexibility index (Phi) is 6.73. The van der Waals surface area contributed by atoms with Crippen molar-refractivity contribution < 1.29 is 14.3 Å². The van der Waals surface area contributed by atoms with Crippen LogP contribution in [0.25, 0.3) is 0 Å². The third-order valence-electron chi connectivity index (χ3n) is 6.39. The predicted octanol–water partition coefficient (Wildman–Crippen LogP) is 3.99. The highest BCUT2D eigenvalue weighted by Gasteiger charge is 2.29. The first kappa shape index (κ1) is 21.9. The number of ether oxygens (including phenoxy) is 1. The highest BCUT2D eigenvalue weighted by atomic mass is 16.5. The molecule has 0 unspecified atom stereocenters. The second-order valence-corrected chi connectivity index (χ2v) is 8.40. The Bertz CT molecular complexity index is 1010. The lowest BCUT2D eigenvalue weighted by atomic mass is 9.89. The Hall–Kier alpha value is -3.35. The maximum Gasteiger partial charge on any atom is 0.259 e. The molecule has 1 aromatic carbocycles. The summed E-state index contributed by atoms with van der Waals surface area (Å²) in [7, 11) is 1.56. The fraction of sp³-hybridized carbons (Fsp3) is 0.400. The molecule has 2 heterocycles. The molecule has 168 valence electrons. The number of carbonyl (C=O) groups excluding carboxylic acids is 2. The summed E-state index contributed by atoms with van der Waals surface area (Å²) in [5, 5.41) is 2.83. The number of benzene rings is 1. The second kappa shape index (κ2) is 9.85. The zero-order valence-electron chi connectivity index (χ0n) is 18.4. The number of hydrogen-bond acceptors (Lipinski definition) is 5. The fourth-order valence-electron chi connectivity index (χ4n) is 4.52. The van der Waals surface area contributed by atoms with Gasteiger partial charge >= 0.3 is 0 Å². The number of pyridine rings is 1. The van der Waals surface area contributed by atoms with Gasteiger partial charge in [0.05, 0.1) is 18.4 Å². The number of methoxy groups -OCH3 is 1. The highest BCUT2D eigenvalue weighted by molar-refractivity contribution is 6.07. The van der Waals surface area contributed by atoms with Gasteiger partial charge in [-0.2, -0.15) is 0 Å². The number of nitrogens with one attached hydrogen (secondary N) is 1. The maximum absolute atomic E-state index is 12.8. The summed E-state index contributed by atoms with van der Waals surface area (Å²) in [4.78, 5) is 32.0. The Labute approximate surface area is 188 Å². The molecule has 7 nitrogen and oxygen atoms in total. The summed E-state index contributed by atoms with van der Waals surface area (Å²) in [5.74, 6) is 1.11. The smallest absolute Gasteiger partial charge is 0.259 e. The highest BCUT2D eigenvalue weighted by Crippen LogP contribution is 2.31. The van der Waals surface area contributed by atoms with Crippen molar-refractivity contribution in [2.45, 2.75) is 38.0 Å². The van der Waals surface area contributed by atoms with Crippen molar-refractivity contribution in [1.82, 2.24) is 9.88 Å². The van der Waals surface area contributed by atoms with Gasteiger partial charge in [-0.15, -0.1) is 0 Å². The van der Waals surface area contributed by atoms with Crippen molar-refractivity contribution in [2.75, 3.05) is 31.2 Å². The van der Waals surface area contributed by atoms with Crippen LogP contribution >= 0.6 is 0 Å². The minimum atomic E-state index is -0.326. The number of aromatic nitrogens is 1. The molecule has 4 rings (SSSR count). The average molecular weight is 435 g/mol. The van der Waals surface area contributed by atoms with Crippen LogP contribution in [0.4, 0.5) is 11.5 Å². The first-order valence-corrected chi connectivity index (χ1v) is 11.2. The molecule has 1 aliphatic carbocycles. The normalized spacial score (nSPS) is 18.9. The molecule has 3 N–H and O–H groups in total. The Balaban J connectivity index is 1.38. The molecular weight excluding hydrogens is 404 g/mol. The van der Waals surface area contributed by atoms with Gasteiger partial charge in [0.15, 0.2) is 0 Å². The van der Waals surface area contributed by atoms with Crippen molar-refractivity contribution in [3.05, 3.63) is 59.8 Å². The van der Waals surface area contributed by atoms with Crippen LogP contribution in [0.15, 0.2) is 48.6 Å². The molecule has 1 saturated heterocycles. The molecule has 7 heteroatoms. The van der Waals surface area contributed by atoms with Gasteiger partial charge in [-0.3, -0.25) is 9.59 Å². The summed E-state index contributed by atoms with van der Waals surface area (Å²) in [5.41, 5.74) is 7.94. The number of anilines is 2. The van der Waals surface area contributed by atoms with Gasteiger partial charge in [-0.1, -0.05) is 24.3 Å². The minimum Gasteiger partial charge on any atom is -0.495 e.